The van der Waals surface area contributed by atoms with Crippen molar-refractivity contribution in [2.75, 3.05) is 59.0 Å². The van der Waals surface area contributed by atoms with Gasteiger partial charge in [0.15, 0.2) is 0 Å². The Bertz CT molecular complexity index is 1520. The van der Waals surface area contributed by atoms with Crippen LogP contribution in [0.3, 0.4) is 0 Å². The van der Waals surface area contributed by atoms with E-state index < -0.39 is 109 Å². The van der Waals surface area contributed by atoms with Crippen LogP contribution in [0.5, 0.6) is 11.5 Å². The molecule has 2 rings (SSSR count). The molecule has 0 aliphatic rings. The molecule has 19 heteroatoms. The number of carboxylic acids is 5. The number of hydrogen-bond donors (Lipinski definition) is 0. The van der Waals surface area contributed by atoms with Crippen LogP contribution in [0.2, 0.25) is 0 Å². The van der Waals surface area contributed by atoms with Gasteiger partial charge in [-0.3, -0.25) is 14.7 Å². The van der Waals surface area contributed by atoms with E-state index in [4.69, 9.17) is 9.47 Å². The molecule has 0 aliphatic carbocycles. The number of ether oxygens (including phenoxy) is 2. The highest BCUT2D eigenvalue weighted by Crippen LogP contribution is 2.29. The van der Waals surface area contributed by atoms with Gasteiger partial charge in [0.2, 0.25) is 0 Å². The molecule has 2 aromatic rings. The van der Waals surface area contributed by atoms with Crippen molar-refractivity contribution < 1.29 is 71.9 Å². The fourth-order valence-corrected chi connectivity index (χ4v) is 5.06. The number of benzene rings is 2. The molecule has 0 amide bonds. The van der Waals surface area contributed by atoms with E-state index in [0.717, 1.165) is 38.0 Å². The zero-order valence-corrected chi connectivity index (χ0v) is 26.4. The van der Waals surface area contributed by atoms with Gasteiger partial charge in [-0.05, 0) is 24.6 Å². The summed E-state index contributed by atoms with van der Waals surface area (Å²) in [5.41, 5.74) is 1.73. The number of rotatable bonds is 23. The number of aryl methyl sites for hydroxylation is 1. The average Bonchev–Trinajstić information content (AvgIpc) is 2.95. The highest BCUT2D eigenvalue weighted by molar-refractivity contribution is 7.85. The average molecular weight is 694 g/mol. The van der Waals surface area contributed by atoms with E-state index in [-0.39, 0.29) is 18.9 Å². The predicted molar refractivity (Wildman–Crippen MR) is 149 cm³/mol. The lowest BCUT2D eigenvalue weighted by molar-refractivity contribution is -0.313. The van der Waals surface area contributed by atoms with Crippen LogP contribution in [-0.2, 0) is 40.7 Å². The molecular formula is C29H31N3O15S-6. The summed E-state index contributed by atoms with van der Waals surface area (Å²) in [6.07, 6.45) is 0. The van der Waals surface area contributed by atoms with Gasteiger partial charge < -0.3 is 63.5 Å². The second kappa shape index (κ2) is 18.5. The number of aliphatic carboxylic acids is 5. The largest absolute Gasteiger partial charge is 0.744 e. The summed E-state index contributed by atoms with van der Waals surface area (Å²) in [6.45, 7) is -4.92. The van der Waals surface area contributed by atoms with Gasteiger partial charge in [0, 0.05) is 58.4 Å². The summed E-state index contributed by atoms with van der Waals surface area (Å²) >= 11 is 0. The van der Waals surface area contributed by atoms with E-state index in [2.05, 4.69) is 0 Å². The summed E-state index contributed by atoms with van der Waals surface area (Å²) in [5.74, 6) is -9.06. The van der Waals surface area contributed by atoms with Crippen LogP contribution in [0.25, 0.3) is 0 Å². The molecule has 0 radical (unpaired) electrons. The molecule has 48 heavy (non-hydrogen) atoms. The first kappa shape index (κ1) is 39.4. The zero-order chi connectivity index (χ0) is 36.0. The fourth-order valence-electron chi connectivity index (χ4n) is 4.43. The van der Waals surface area contributed by atoms with Crippen LogP contribution < -0.4 is 35.0 Å². The van der Waals surface area contributed by atoms with E-state index in [1.54, 1.807) is 12.1 Å². The van der Waals surface area contributed by atoms with Gasteiger partial charge in [-0.2, -0.15) is 0 Å². The molecule has 0 spiro atoms. The topological polar surface area (TPSA) is 286 Å². The van der Waals surface area contributed by atoms with Gasteiger partial charge >= 0.3 is 0 Å². The smallest absolute Gasteiger partial charge is 0.137 e. The Hall–Kier alpha value is -4.82. The zero-order valence-electron chi connectivity index (χ0n) is 25.6. The molecule has 1 atom stereocenters. The molecule has 0 aliphatic heterocycles. The normalized spacial score (nSPS) is 12.2. The standard InChI is InChI=1S/C29H37N3O15S/c1-19-2-4-20(5-3-19)17-46-22-6-7-23(24(10-22)48(43,44)45)47-18-21(32(15-28(39)40)16-29(41)42)11-30(12-25(33)34)8-9-31(13-26(35)36)14-27(37)38/h2-7,10,21H,8-9,11-18H2,1H3,(H,33,34)(H,35,36)(H,37,38)(H,39,40)(H,41,42)(H,43,44,45)/p-6. The van der Waals surface area contributed by atoms with Crippen LogP contribution in [0.1, 0.15) is 11.1 Å². The summed E-state index contributed by atoms with van der Waals surface area (Å²) < 4.78 is 47.6. The minimum Gasteiger partial charge on any atom is -0.744 e. The summed E-state index contributed by atoms with van der Waals surface area (Å²) in [6, 6.07) is 9.06. The van der Waals surface area contributed by atoms with Gasteiger partial charge in [0.25, 0.3) is 0 Å². The monoisotopic (exact) mass is 693 g/mol. The lowest BCUT2D eigenvalue weighted by atomic mass is 10.2. The van der Waals surface area contributed by atoms with E-state index >= 15 is 0 Å². The Labute approximate surface area is 275 Å². The molecule has 0 aromatic heterocycles. The van der Waals surface area contributed by atoms with Crippen molar-refractivity contribution in [1.82, 2.24) is 14.7 Å². The van der Waals surface area contributed by atoms with Gasteiger partial charge in [0.1, 0.15) is 34.8 Å². The highest BCUT2D eigenvalue weighted by Gasteiger charge is 2.25. The molecular weight excluding hydrogens is 662 g/mol. The van der Waals surface area contributed by atoms with Gasteiger partial charge in [-0.25, -0.2) is 8.42 Å². The van der Waals surface area contributed by atoms with E-state index in [1.165, 1.54) is 6.07 Å². The van der Waals surface area contributed by atoms with Crippen LogP contribution in [0.15, 0.2) is 47.4 Å². The highest BCUT2D eigenvalue weighted by atomic mass is 32.2. The minimum atomic E-state index is -5.21. The minimum absolute atomic E-state index is 0.0139. The van der Waals surface area contributed by atoms with Crippen molar-refractivity contribution in [1.29, 1.82) is 0 Å². The maximum Gasteiger partial charge on any atom is 0.137 e. The molecule has 0 saturated carbocycles. The lowest BCUT2D eigenvalue weighted by Gasteiger charge is -2.37. The SMILES string of the molecule is Cc1ccc(COc2ccc(OCC(CN(CCN(CC(=O)[O-])CC(=O)[O-])CC(=O)[O-])N(CC(=O)[O-])CC(=O)[O-])c(S(=O)(=O)[O-])c2)cc1. The molecule has 0 fully saturated rings. The first-order valence-corrected chi connectivity index (χ1v) is 15.4. The Morgan fingerprint density at radius 2 is 1.21 bits per heavy atom. The molecule has 1 unspecified atom stereocenters. The van der Waals surface area contributed by atoms with E-state index in [1.807, 2.05) is 19.1 Å². The van der Waals surface area contributed by atoms with Crippen molar-refractivity contribution in [2.45, 2.75) is 24.5 Å². The first-order chi connectivity index (χ1) is 22.4. The number of nitrogens with zero attached hydrogens (tertiary/aromatic N) is 3. The molecule has 0 N–H and O–H groups in total. The van der Waals surface area contributed by atoms with Gasteiger partial charge in [0.05, 0.1) is 40.8 Å². The summed E-state index contributed by atoms with van der Waals surface area (Å²) in [4.78, 5) is 58.3. The van der Waals surface area contributed by atoms with Crippen molar-refractivity contribution in [2.24, 2.45) is 0 Å². The third-order valence-electron chi connectivity index (χ3n) is 6.58. The van der Waals surface area contributed by atoms with Crippen molar-refractivity contribution in [3.05, 3.63) is 53.6 Å². The van der Waals surface area contributed by atoms with Crippen molar-refractivity contribution in [3.8, 4) is 11.5 Å². The third kappa shape index (κ3) is 14.7. The number of hydrogen-bond acceptors (Lipinski definition) is 18. The molecule has 0 saturated heterocycles. The van der Waals surface area contributed by atoms with Crippen molar-refractivity contribution >= 4 is 40.0 Å². The second-order valence-corrected chi connectivity index (χ2v) is 11.9. The first-order valence-electron chi connectivity index (χ1n) is 14.0. The van der Waals surface area contributed by atoms with Gasteiger partial charge in [-0.15, -0.1) is 0 Å². The third-order valence-corrected chi connectivity index (χ3v) is 7.44. The number of carbonyl (C=O) groups is 5. The van der Waals surface area contributed by atoms with Crippen LogP contribution in [-0.4, -0.2) is 123 Å². The van der Waals surface area contributed by atoms with Crippen LogP contribution in [0.4, 0.5) is 0 Å². The quantitative estimate of drug-likeness (QED) is 0.0977. The Morgan fingerprint density at radius 1 is 0.708 bits per heavy atom. The van der Waals surface area contributed by atoms with Crippen LogP contribution >= 0.6 is 0 Å². The Morgan fingerprint density at radius 3 is 1.71 bits per heavy atom. The lowest BCUT2D eigenvalue weighted by Crippen LogP contribution is -2.56. The van der Waals surface area contributed by atoms with Gasteiger partial charge in [-0.1, -0.05) is 29.8 Å². The number of carbonyl (C=O) groups excluding carboxylic acids is 5. The maximum absolute atomic E-state index is 12.1. The molecule has 0 bridgehead atoms. The maximum atomic E-state index is 12.1. The Balaban J connectivity index is 2.38. The Kier molecular flexibility index (Phi) is 15.2. The predicted octanol–water partition coefficient (Wildman–Crippen LogP) is -7.12. The second-order valence-electron chi connectivity index (χ2n) is 10.5. The molecule has 2 aromatic carbocycles. The van der Waals surface area contributed by atoms with E-state index in [9.17, 15) is 62.5 Å². The molecule has 264 valence electrons. The van der Waals surface area contributed by atoms with E-state index in [0.29, 0.717) is 0 Å². The molecule has 18 nitrogen and oxygen atoms in total. The molecule has 0 heterocycles. The summed E-state index contributed by atoms with van der Waals surface area (Å²) in [7, 11) is -5.21. The summed E-state index contributed by atoms with van der Waals surface area (Å²) in [5, 5.41) is 56.5. The van der Waals surface area contributed by atoms with Crippen LogP contribution in [0, 0.1) is 6.92 Å². The van der Waals surface area contributed by atoms with Crippen molar-refractivity contribution in [3.63, 3.8) is 0 Å². The number of carboxylic acid groups (broad SMARTS) is 5. The fraction of sp³-hybridized carbons (Fsp3) is 0.414.